The van der Waals surface area contributed by atoms with E-state index in [4.69, 9.17) is 4.74 Å². The zero-order valence-corrected chi connectivity index (χ0v) is 11.8. The molecule has 2 heteroatoms. The predicted molar refractivity (Wildman–Crippen MR) is 76.8 cm³/mol. The summed E-state index contributed by atoms with van der Waals surface area (Å²) in [6.45, 7) is 4.44. The summed E-state index contributed by atoms with van der Waals surface area (Å²) in [6.07, 6.45) is 1.88. The second-order valence-electron chi connectivity index (χ2n) is 4.82. The molecule has 0 aromatic heterocycles. The standard InChI is InChI=1S/C16H23NO/c1-13(2)12-15(17-3)7-5-6-14-8-10-16(18-4)11-9-14/h8-11,13,15,17H,6,12H2,1-4H3. The van der Waals surface area contributed by atoms with Crippen LogP contribution in [0.2, 0.25) is 0 Å². The molecule has 1 atom stereocenters. The Balaban J connectivity index is 2.52. The van der Waals surface area contributed by atoms with Crippen LogP contribution >= 0.6 is 0 Å². The molecule has 0 spiro atoms. The summed E-state index contributed by atoms with van der Waals surface area (Å²) in [4.78, 5) is 0. The molecule has 0 fully saturated rings. The smallest absolute Gasteiger partial charge is 0.118 e. The van der Waals surface area contributed by atoms with Gasteiger partial charge in [-0.2, -0.15) is 0 Å². The Morgan fingerprint density at radius 1 is 1.22 bits per heavy atom. The molecule has 1 N–H and O–H groups in total. The molecule has 0 radical (unpaired) electrons. The fourth-order valence-corrected chi connectivity index (χ4v) is 1.74. The Kier molecular flexibility index (Phi) is 6.32. The third kappa shape index (κ3) is 5.25. The van der Waals surface area contributed by atoms with Crippen LogP contribution in [-0.2, 0) is 6.42 Å². The van der Waals surface area contributed by atoms with Crippen LogP contribution in [0.5, 0.6) is 5.75 Å². The maximum atomic E-state index is 5.13. The van der Waals surface area contributed by atoms with Gasteiger partial charge in [-0.1, -0.05) is 37.8 Å². The van der Waals surface area contributed by atoms with Gasteiger partial charge in [-0.15, -0.1) is 0 Å². The first-order valence-electron chi connectivity index (χ1n) is 6.44. The van der Waals surface area contributed by atoms with Crippen molar-refractivity contribution in [2.24, 2.45) is 5.92 Å². The molecule has 0 heterocycles. The first kappa shape index (κ1) is 14.6. The third-order valence-corrected chi connectivity index (χ3v) is 2.78. The minimum Gasteiger partial charge on any atom is -0.497 e. The van der Waals surface area contributed by atoms with E-state index in [-0.39, 0.29) is 0 Å². The molecule has 0 aliphatic carbocycles. The van der Waals surface area contributed by atoms with Crippen molar-refractivity contribution in [3.63, 3.8) is 0 Å². The van der Waals surface area contributed by atoms with Crippen LogP contribution in [0.25, 0.3) is 0 Å². The van der Waals surface area contributed by atoms with Crippen LogP contribution in [0, 0.1) is 17.8 Å². The minimum absolute atomic E-state index is 0.295. The SMILES string of the molecule is CNC(C#CCc1ccc(OC)cc1)CC(C)C. The van der Waals surface area contributed by atoms with Crippen molar-refractivity contribution in [3.05, 3.63) is 29.8 Å². The zero-order valence-electron chi connectivity index (χ0n) is 11.8. The number of hydrogen-bond donors (Lipinski definition) is 1. The molecule has 0 aliphatic heterocycles. The summed E-state index contributed by atoms with van der Waals surface area (Å²) in [7, 11) is 3.65. The van der Waals surface area contributed by atoms with Gasteiger partial charge >= 0.3 is 0 Å². The van der Waals surface area contributed by atoms with Crippen molar-refractivity contribution in [3.8, 4) is 17.6 Å². The highest BCUT2D eigenvalue weighted by molar-refractivity contribution is 5.29. The van der Waals surface area contributed by atoms with E-state index in [1.54, 1.807) is 7.11 Å². The Hall–Kier alpha value is -1.46. The lowest BCUT2D eigenvalue weighted by atomic mass is 10.0. The molecule has 0 saturated heterocycles. The van der Waals surface area contributed by atoms with E-state index < -0.39 is 0 Å². The summed E-state index contributed by atoms with van der Waals surface area (Å²) in [6, 6.07) is 8.36. The number of rotatable bonds is 5. The highest BCUT2D eigenvalue weighted by Gasteiger charge is 2.03. The van der Waals surface area contributed by atoms with Gasteiger partial charge in [-0.25, -0.2) is 0 Å². The van der Waals surface area contributed by atoms with Gasteiger partial charge in [0, 0.05) is 6.42 Å². The largest absolute Gasteiger partial charge is 0.497 e. The van der Waals surface area contributed by atoms with Crippen molar-refractivity contribution in [2.75, 3.05) is 14.2 Å². The lowest BCUT2D eigenvalue weighted by molar-refractivity contribution is 0.414. The molecule has 0 amide bonds. The van der Waals surface area contributed by atoms with E-state index in [0.717, 1.165) is 18.6 Å². The van der Waals surface area contributed by atoms with E-state index in [0.29, 0.717) is 12.0 Å². The van der Waals surface area contributed by atoms with Crippen LogP contribution in [-0.4, -0.2) is 20.2 Å². The third-order valence-electron chi connectivity index (χ3n) is 2.78. The van der Waals surface area contributed by atoms with E-state index in [1.165, 1.54) is 5.56 Å². The molecule has 1 aromatic carbocycles. The Labute approximate surface area is 111 Å². The molecule has 1 aromatic rings. The average molecular weight is 245 g/mol. The first-order chi connectivity index (χ1) is 8.65. The molecule has 1 rings (SSSR count). The summed E-state index contributed by atoms with van der Waals surface area (Å²) in [5, 5.41) is 3.24. The van der Waals surface area contributed by atoms with Crippen molar-refractivity contribution in [1.29, 1.82) is 0 Å². The van der Waals surface area contributed by atoms with Crippen LogP contribution < -0.4 is 10.1 Å². The second-order valence-corrected chi connectivity index (χ2v) is 4.82. The van der Waals surface area contributed by atoms with Crippen molar-refractivity contribution < 1.29 is 4.74 Å². The van der Waals surface area contributed by atoms with Gasteiger partial charge in [0.05, 0.1) is 13.2 Å². The summed E-state index contributed by atoms with van der Waals surface area (Å²) in [5.41, 5.74) is 1.22. The monoisotopic (exact) mass is 245 g/mol. The van der Waals surface area contributed by atoms with E-state index in [1.807, 2.05) is 19.2 Å². The van der Waals surface area contributed by atoms with Crippen molar-refractivity contribution >= 4 is 0 Å². The van der Waals surface area contributed by atoms with Gasteiger partial charge in [0.25, 0.3) is 0 Å². The maximum absolute atomic E-state index is 5.13. The van der Waals surface area contributed by atoms with Gasteiger partial charge < -0.3 is 10.1 Å². The van der Waals surface area contributed by atoms with Gasteiger partial charge in [0.2, 0.25) is 0 Å². The zero-order chi connectivity index (χ0) is 13.4. The van der Waals surface area contributed by atoms with E-state index in [9.17, 15) is 0 Å². The van der Waals surface area contributed by atoms with Crippen LogP contribution in [0.15, 0.2) is 24.3 Å². The van der Waals surface area contributed by atoms with Crippen LogP contribution in [0.1, 0.15) is 25.8 Å². The Morgan fingerprint density at radius 3 is 2.39 bits per heavy atom. The lowest BCUT2D eigenvalue weighted by Gasteiger charge is -2.11. The maximum Gasteiger partial charge on any atom is 0.118 e. The predicted octanol–water partition coefficient (Wildman–Crippen LogP) is 2.88. The van der Waals surface area contributed by atoms with Gasteiger partial charge in [-0.05, 0) is 37.1 Å². The van der Waals surface area contributed by atoms with Gasteiger partial charge in [-0.3, -0.25) is 0 Å². The minimum atomic E-state index is 0.295. The molecule has 0 bridgehead atoms. The molecule has 0 aliphatic rings. The fourth-order valence-electron chi connectivity index (χ4n) is 1.74. The highest BCUT2D eigenvalue weighted by atomic mass is 16.5. The summed E-state index contributed by atoms with van der Waals surface area (Å²) < 4.78 is 5.13. The molecule has 1 unspecified atom stereocenters. The molecule has 2 nitrogen and oxygen atoms in total. The van der Waals surface area contributed by atoms with Gasteiger partial charge in [0.15, 0.2) is 0 Å². The number of hydrogen-bond acceptors (Lipinski definition) is 2. The average Bonchev–Trinajstić information content (AvgIpc) is 2.38. The second kappa shape index (κ2) is 7.79. The van der Waals surface area contributed by atoms with Gasteiger partial charge in [0.1, 0.15) is 5.75 Å². The summed E-state index contributed by atoms with van der Waals surface area (Å²) >= 11 is 0. The Morgan fingerprint density at radius 2 is 1.89 bits per heavy atom. The molecule has 98 valence electrons. The molecular weight excluding hydrogens is 222 g/mol. The molecule has 18 heavy (non-hydrogen) atoms. The van der Waals surface area contributed by atoms with Crippen molar-refractivity contribution in [2.45, 2.75) is 32.7 Å². The molecule has 0 saturated carbocycles. The Bertz CT molecular complexity index is 397. The number of benzene rings is 1. The fraction of sp³-hybridized carbons (Fsp3) is 0.500. The number of methoxy groups -OCH3 is 1. The highest BCUT2D eigenvalue weighted by Crippen LogP contribution is 2.11. The lowest BCUT2D eigenvalue weighted by Crippen LogP contribution is -2.24. The normalized spacial score (nSPS) is 11.8. The van der Waals surface area contributed by atoms with E-state index >= 15 is 0 Å². The number of nitrogens with one attached hydrogen (secondary N) is 1. The topological polar surface area (TPSA) is 21.3 Å². The number of ether oxygens (including phenoxy) is 1. The first-order valence-corrected chi connectivity index (χ1v) is 6.44. The van der Waals surface area contributed by atoms with Crippen LogP contribution in [0.4, 0.5) is 0 Å². The molecular formula is C16H23NO. The summed E-state index contributed by atoms with van der Waals surface area (Å²) in [5.74, 6) is 8.08. The quantitative estimate of drug-likeness (QED) is 0.805. The van der Waals surface area contributed by atoms with E-state index in [2.05, 4.69) is 43.1 Å². The van der Waals surface area contributed by atoms with Crippen LogP contribution in [0.3, 0.4) is 0 Å². The van der Waals surface area contributed by atoms with Crippen molar-refractivity contribution in [1.82, 2.24) is 5.32 Å².